The molecule has 2 saturated heterocycles. The quantitative estimate of drug-likeness (QED) is 0.536. The lowest BCUT2D eigenvalue weighted by Gasteiger charge is -2.32. The number of nitrogens with zero attached hydrogens (tertiary/aromatic N) is 1. The fourth-order valence-corrected chi connectivity index (χ4v) is 3.22. The van der Waals surface area contributed by atoms with Gasteiger partial charge in [0, 0.05) is 19.6 Å². The van der Waals surface area contributed by atoms with Crippen LogP contribution >= 0.6 is 0 Å². The summed E-state index contributed by atoms with van der Waals surface area (Å²) in [5.74, 6) is 1.45. The Morgan fingerprint density at radius 1 is 1.04 bits per heavy atom. The van der Waals surface area contributed by atoms with E-state index in [1.165, 1.54) is 0 Å². The highest BCUT2D eigenvalue weighted by atomic mass is 16.7. The molecule has 1 aromatic carbocycles. The van der Waals surface area contributed by atoms with Gasteiger partial charge in [-0.3, -0.25) is 4.90 Å². The third-order valence-corrected chi connectivity index (χ3v) is 5.69. The zero-order chi connectivity index (χ0) is 19.5. The van der Waals surface area contributed by atoms with Crippen molar-refractivity contribution in [1.82, 2.24) is 4.90 Å². The maximum absolute atomic E-state index is 6.12. The van der Waals surface area contributed by atoms with Crippen LogP contribution in [0.2, 0.25) is 0 Å². The number of morpholine rings is 1. The van der Waals surface area contributed by atoms with Gasteiger partial charge in [0.25, 0.3) is 0 Å². The molecule has 3 rings (SSSR count). The molecule has 0 aromatic heterocycles. The molecule has 0 unspecified atom stereocenters. The highest BCUT2D eigenvalue weighted by molar-refractivity contribution is 6.62. The molecule has 0 N–H and O–H groups in total. The molecule has 2 aliphatic rings. The van der Waals surface area contributed by atoms with E-state index in [4.69, 9.17) is 23.5 Å². The van der Waals surface area contributed by atoms with Gasteiger partial charge < -0.3 is 23.5 Å². The second-order valence-electron chi connectivity index (χ2n) is 8.15. The summed E-state index contributed by atoms with van der Waals surface area (Å²) in [4.78, 5) is 2.41. The summed E-state index contributed by atoms with van der Waals surface area (Å²) in [5.41, 5.74) is 0.213. The van der Waals surface area contributed by atoms with E-state index in [2.05, 4.69) is 32.6 Å². The molecule has 0 spiro atoms. The van der Waals surface area contributed by atoms with Gasteiger partial charge in [-0.25, -0.2) is 0 Å². The molecule has 2 heterocycles. The highest BCUT2D eigenvalue weighted by Crippen LogP contribution is 2.37. The average molecular weight is 377 g/mol. The maximum Gasteiger partial charge on any atom is 0.494 e. The molecule has 27 heavy (non-hydrogen) atoms. The predicted octanol–water partition coefficient (Wildman–Crippen LogP) is 2.10. The van der Waals surface area contributed by atoms with E-state index >= 15 is 0 Å². The van der Waals surface area contributed by atoms with E-state index in [1.54, 1.807) is 7.11 Å². The van der Waals surface area contributed by atoms with Gasteiger partial charge in [0.1, 0.15) is 0 Å². The molecular formula is C20H32BNO5. The van der Waals surface area contributed by atoms with Crippen LogP contribution in [0.5, 0.6) is 11.5 Å². The number of hydrogen-bond donors (Lipinski definition) is 0. The summed E-state index contributed by atoms with van der Waals surface area (Å²) >= 11 is 0. The Morgan fingerprint density at radius 3 is 2.33 bits per heavy atom. The molecule has 7 heteroatoms. The minimum absolute atomic E-state index is 0.362. The van der Waals surface area contributed by atoms with Gasteiger partial charge in [0.2, 0.25) is 0 Å². The summed E-state index contributed by atoms with van der Waals surface area (Å²) < 4.78 is 29.1. The van der Waals surface area contributed by atoms with Gasteiger partial charge in [-0.15, -0.1) is 0 Å². The first-order valence-electron chi connectivity index (χ1n) is 9.79. The fourth-order valence-electron chi connectivity index (χ4n) is 3.22. The normalized spacial score (nSPS) is 22.0. The fraction of sp³-hybridized carbons (Fsp3) is 0.700. The Bertz CT molecular complexity index is 615. The molecule has 0 aliphatic carbocycles. The van der Waals surface area contributed by atoms with E-state index in [1.807, 2.05) is 18.2 Å². The summed E-state index contributed by atoms with van der Waals surface area (Å²) in [7, 11) is 1.25. The molecule has 2 aliphatic heterocycles. The first-order chi connectivity index (χ1) is 12.8. The molecule has 1 aromatic rings. The molecule has 0 saturated carbocycles. The Kier molecular flexibility index (Phi) is 6.36. The minimum Gasteiger partial charge on any atom is -0.493 e. The molecular weight excluding hydrogens is 345 g/mol. The van der Waals surface area contributed by atoms with E-state index in [-0.39, 0.29) is 11.2 Å². The van der Waals surface area contributed by atoms with Crippen molar-refractivity contribution in [2.75, 3.05) is 46.6 Å². The summed E-state index contributed by atoms with van der Waals surface area (Å²) in [6, 6.07) is 5.87. The number of benzene rings is 1. The van der Waals surface area contributed by atoms with Crippen molar-refractivity contribution in [2.24, 2.45) is 0 Å². The minimum atomic E-state index is -0.403. The second-order valence-corrected chi connectivity index (χ2v) is 8.15. The molecule has 150 valence electrons. The topological polar surface area (TPSA) is 49.4 Å². The van der Waals surface area contributed by atoms with E-state index in [0.717, 1.165) is 50.5 Å². The van der Waals surface area contributed by atoms with Crippen LogP contribution in [0.25, 0.3) is 0 Å². The van der Waals surface area contributed by atoms with Gasteiger partial charge in [0.05, 0.1) is 38.1 Å². The van der Waals surface area contributed by atoms with Crippen molar-refractivity contribution in [3.63, 3.8) is 0 Å². The lowest BCUT2D eigenvalue weighted by molar-refractivity contribution is 0.00578. The molecule has 6 nitrogen and oxygen atoms in total. The zero-order valence-corrected chi connectivity index (χ0v) is 17.2. The Hall–Kier alpha value is -1.28. The SMILES string of the molecule is COc1cc(B2OC(C)(C)C(C)(C)O2)ccc1OCCCN1CCOCC1. The van der Waals surface area contributed by atoms with Crippen LogP contribution < -0.4 is 14.9 Å². The molecule has 2 fully saturated rings. The smallest absolute Gasteiger partial charge is 0.493 e. The van der Waals surface area contributed by atoms with Crippen LogP contribution in [0.3, 0.4) is 0 Å². The summed E-state index contributed by atoms with van der Waals surface area (Å²) in [5, 5.41) is 0. The van der Waals surface area contributed by atoms with Gasteiger partial charge >= 0.3 is 7.12 Å². The van der Waals surface area contributed by atoms with E-state index in [0.29, 0.717) is 12.4 Å². The second kappa shape index (κ2) is 8.39. The standard InChI is InChI=1S/C20H32BNO5/c1-19(2)20(3,4)27-21(26-19)16-7-8-17(18(15-16)23-5)25-12-6-9-22-10-13-24-14-11-22/h7-8,15H,6,9-14H2,1-5H3. The van der Waals surface area contributed by atoms with Gasteiger partial charge in [-0.2, -0.15) is 0 Å². The summed E-state index contributed by atoms with van der Waals surface area (Å²) in [6.45, 7) is 13.6. The monoisotopic (exact) mass is 377 g/mol. The van der Waals surface area contributed by atoms with E-state index in [9.17, 15) is 0 Å². The molecule has 0 amide bonds. The van der Waals surface area contributed by atoms with Crippen molar-refractivity contribution in [2.45, 2.75) is 45.3 Å². The van der Waals surface area contributed by atoms with Crippen LogP contribution in [0.4, 0.5) is 0 Å². The van der Waals surface area contributed by atoms with Crippen molar-refractivity contribution < 1.29 is 23.5 Å². The van der Waals surface area contributed by atoms with Crippen molar-refractivity contribution >= 4 is 12.6 Å². The molecule has 0 bridgehead atoms. The first-order valence-corrected chi connectivity index (χ1v) is 9.79. The lowest BCUT2D eigenvalue weighted by Crippen LogP contribution is -2.41. The third kappa shape index (κ3) is 4.77. The van der Waals surface area contributed by atoms with E-state index < -0.39 is 7.12 Å². The number of ether oxygens (including phenoxy) is 3. The van der Waals surface area contributed by atoms with Crippen LogP contribution in [-0.2, 0) is 14.0 Å². The van der Waals surface area contributed by atoms with Crippen LogP contribution in [0.15, 0.2) is 18.2 Å². The van der Waals surface area contributed by atoms with Crippen LogP contribution in [0.1, 0.15) is 34.1 Å². The van der Waals surface area contributed by atoms with Crippen molar-refractivity contribution in [3.05, 3.63) is 18.2 Å². The average Bonchev–Trinajstić information content (AvgIpc) is 2.87. The first kappa shape index (κ1) is 20.5. The van der Waals surface area contributed by atoms with Gasteiger partial charge in [0.15, 0.2) is 11.5 Å². The largest absolute Gasteiger partial charge is 0.494 e. The number of rotatable bonds is 7. The Morgan fingerprint density at radius 2 is 1.70 bits per heavy atom. The third-order valence-electron chi connectivity index (χ3n) is 5.69. The Labute approximate surface area is 163 Å². The zero-order valence-electron chi connectivity index (χ0n) is 17.2. The highest BCUT2D eigenvalue weighted by Gasteiger charge is 2.51. The van der Waals surface area contributed by atoms with Gasteiger partial charge in [-0.1, -0.05) is 6.07 Å². The molecule has 0 radical (unpaired) electrons. The van der Waals surface area contributed by atoms with Crippen LogP contribution in [-0.4, -0.2) is 69.8 Å². The Balaban J connectivity index is 1.56. The predicted molar refractivity (Wildman–Crippen MR) is 106 cm³/mol. The van der Waals surface area contributed by atoms with Gasteiger partial charge in [-0.05, 0) is 51.7 Å². The summed E-state index contributed by atoms with van der Waals surface area (Å²) in [6.07, 6.45) is 0.974. The van der Waals surface area contributed by atoms with Crippen molar-refractivity contribution in [1.29, 1.82) is 0 Å². The number of methoxy groups -OCH3 is 1. The number of hydrogen-bond acceptors (Lipinski definition) is 6. The lowest BCUT2D eigenvalue weighted by atomic mass is 9.79. The maximum atomic E-state index is 6.12. The molecule has 0 atom stereocenters. The van der Waals surface area contributed by atoms with Crippen molar-refractivity contribution in [3.8, 4) is 11.5 Å². The van der Waals surface area contributed by atoms with Crippen LogP contribution in [0, 0.1) is 0 Å².